The molecule has 0 fully saturated rings. The van der Waals surface area contributed by atoms with E-state index < -0.39 is 0 Å². The molecule has 0 aromatic heterocycles. The molecular weight excluding hydrogens is 188 g/mol. The number of rotatable bonds is 5. The molecule has 0 N–H and O–H groups in total. The van der Waals surface area contributed by atoms with Crippen LogP contribution in [0.5, 0.6) is 0 Å². The molecular formula is C13H20O2. The fourth-order valence-corrected chi connectivity index (χ4v) is 1.94. The lowest BCUT2D eigenvalue weighted by molar-refractivity contribution is -0.167. The first kappa shape index (κ1) is 12.2. The standard InChI is InChI=1S/C13H20O2/c1-13(2,12(14-3)15-4)10-11-8-6-5-7-9-11/h5-9,12H,10H2,1-4H3. The molecule has 0 aliphatic heterocycles. The van der Waals surface area contributed by atoms with E-state index in [1.807, 2.05) is 6.07 Å². The van der Waals surface area contributed by atoms with Gasteiger partial charge in [-0.25, -0.2) is 0 Å². The molecule has 0 aliphatic carbocycles. The Labute approximate surface area is 92.2 Å². The monoisotopic (exact) mass is 208 g/mol. The van der Waals surface area contributed by atoms with Crippen molar-refractivity contribution in [3.63, 3.8) is 0 Å². The zero-order chi connectivity index (χ0) is 11.3. The fraction of sp³-hybridized carbons (Fsp3) is 0.538. The van der Waals surface area contributed by atoms with Gasteiger partial charge in [-0.1, -0.05) is 44.2 Å². The molecule has 0 atom stereocenters. The van der Waals surface area contributed by atoms with E-state index in [0.717, 1.165) is 6.42 Å². The summed E-state index contributed by atoms with van der Waals surface area (Å²) in [6.07, 6.45) is 0.776. The zero-order valence-corrected chi connectivity index (χ0v) is 9.99. The molecule has 0 spiro atoms. The first-order valence-electron chi connectivity index (χ1n) is 5.19. The van der Waals surface area contributed by atoms with Crippen LogP contribution in [0.25, 0.3) is 0 Å². The second-order valence-electron chi connectivity index (χ2n) is 4.45. The smallest absolute Gasteiger partial charge is 0.162 e. The lowest BCUT2D eigenvalue weighted by Crippen LogP contribution is -2.34. The van der Waals surface area contributed by atoms with Crippen LogP contribution in [0.1, 0.15) is 19.4 Å². The number of ether oxygens (including phenoxy) is 2. The van der Waals surface area contributed by atoms with Crippen LogP contribution in [0.15, 0.2) is 30.3 Å². The van der Waals surface area contributed by atoms with Gasteiger partial charge in [0, 0.05) is 19.6 Å². The molecule has 2 nitrogen and oxygen atoms in total. The van der Waals surface area contributed by atoms with Crippen molar-refractivity contribution in [2.45, 2.75) is 26.6 Å². The minimum atomic E-state index is -0.169. The van der Waals surface area contributed by atoms with Gasteiger partial charge in [0.1, 0.15) is 0 Å². The molecule has 15 heavy (non-hydrogen) atoms. The van der Waals surface area contributed by atoms with Crippen molar-refractivity contribution in [1.82, 2.24) is 0 Å². The Morgan fingerprint density at radius 2 is 1.60 bits per heavy atom. The van der Waals surface area contributed by atoms with Gasteiger partial charge in [-0.2, -0.15) is 0 Å². The van der Waals surface area contributed by atoms with Crippen molar-refractivity contribution in [1.29, 1.82) is 0 Å². The summed E-state index contributed by atoms with van der Waals surface area (Å²) in [5.74, 6) is 0. The lowest BCUT2D eigenvalue weighted by Gasteiger charge is -2.32. The number of benzene rings is 1. The maximum absolute atomic E-state index is 5.31. The molecule has 84 valence electrons. The summed E-state index contributed by atoms with van der Waals surface area (Å²) in [5.41, 5.74) is 1.28. The van der Waals surface area contributed by atoms with E-state index in [1.54, 1.807) is 14.2 Å². The van der Waals surface area contributed by atoms with E-state index in [9.17, 15) is 0 Å². The third-order valence-corrected chi connectivity index (χ3v) is 2.57. The van der Waals surface area contributed by atoms with Gasteiger partial charge in [-0.05, 0) is 12.0 Å². The SMILES string of the molecule is COC(OC)C(C)(C)Cc1ccccc1. The molecule has 0 aliphatic rings. The number of hydrogen-bond acceptors (Lipinski definition) is 2. The van der Waals surface area contributed by atoms with E-state index in [2.05, 4.69) is 38.1 Å². The van der Waals surface area contributed by atoms with Crippen LogP contribution in [-0.2, 0) is 15.9 Å². The second kappa shape index (κ2) is 5.29. The Bertz CT molecular complexity index is 276. The van der Waals surface area contributed by atoms with Crippen molar-refractivity contribution in [3.05, 3.63) is 35.9 Å². The van der Waals surface area contributed by atoms with Crippen LogP contribution in [0.3, 0.4) is 0 Å². The van der Waals surface area contributed by atoms with Crippen LogP contribution in [0, 0.1) is 5.41 Å². The summed E-state index contributed by atoms with van der Waals surface area (Å²) >= 11 is 0. The van der Waals surface area contributed by atoms with Gasteiger partial charge in [0.2, 0.25) is 0 Å². The Balaban J connectivity index is 2.71. The average molecular weight is 208 g/mol. The van der Waals surface area contributed by atoms with Crippen molar-refractivity contribution in [3.8, 4) is 0 Å². The topological polar surface area (TPSA) is 18.5 Å². The summed E-state index contributed by atoms with van der Waals surface area (Å²) in [6, 6.07) is 10.4. The zero-order valence-electron chi connectivity index (χ0n) is 9.99. The quantitative estimate of drug-likeness (QED) is 0.693. The molecule has 1 aromatic carbocycles. The molecule has 2 heteroatoms. The molecule has 0 bridgehead atoms. The van der Waals surface area contributed by atoms with E-state index in [-0.39, 0.29) is 11.7 Å². The van der Waals surface area contributed by atoms with Crippen LogP contribution >= 0.6 is 0 Å². The first-order chi connectivity index (χ1) is 7.10. The number of methoxy groups -OCH3 is 2. The minimum Gasteiger partial charge on any atom is -0.355 e. The van der Waals surface area contributed by atoms with E-state index >= 15 is 0 Å². The second-order valence-corrected chi connectivity index (χ2v) is 4.45. The van der Waals surface area contributed by atoms with E-state index in [0.29, 0.717) is 0 Å². The third-order valence-electron chi connectivity index (χ3n) is 2.57. The Morgan fingerprint density at radius 3 is 2.07 bits per heavy atom. The highest BCUT2D eigenvalue weighted by Gasteiger charge is 2.29. The van der Waals surface area contributed by atoms with Crippen LogP contribution < -0.4 is 0 Å². The van der Waals surface area contributed by atoms with Gasteiger partial charge in [0.15, 0.2) is 6.29 Å². The molecule has 0 unspecified atom stereocenters. The Morgan fingerprint density at radius 1 is 1.07 bits per heavy atom. The molecule has 1 rings (SSSR count). The van der Waals surface area contributed by atoms with Crippen LogP contribution in [0.2, 0.25) is 0 Å². The highest BCUT2D eigenvalue weighted by molar-refractivity contribution is 5.16. The van der Waals surface area contributed by atoms with Crippen LogP contribution in [-0.4, -0.2) is 20.5 Å². The van der Waals surface area contributed by atoms with E-state index in [1.165, 1.54) is 5.56 Å². The Hall–Kier alpha value is -0.860. The van der Waals surface area contributed by atoms with Gasteiger partial charge in [0.05, 0.1) is 0 Å². The number of hydrogen-bond donors (Lipinski definition) is 0. The largest absolute Gasteiger partial charge is 0.355 e. The first-order valence-corrected chi connectivity index (χ1v) is 5.19. The highest BCUT2D eigenvalue weighted by Crippen LogP contribution is 2.28. The lowest BCUT2D eigenvalue weighted by atomic mass is 9.85. The fourth-order valence-electron chi connectivity index (χ4n) is 1.94. The summed E-state index contributed by atoms with van der Waals surface area (Å²) in [7, 11) is 3.36. The molecule has 0 radical (unpaired) electrons. The minimum absolute atomic E-state index is 0.0230. The maximum atomic E-state index is 5.31. The van der Waals surface area contributed by atoms with E-state index in [4.69, 9.17) is 9.47 Å². The maximum Gasteiger partial charge on any atom is 0.162 e. The predicted molar refractivity (Wildman–Crippen MR) is 61.7 cm³/mol. The molecule has 0 saturated carbocycles. The van der Waals surface area contributed by atoms with Gasteiger partial charge in [0.25, 0.3) is 0 Å². The molecule has 1 aromatic rings. The highest BCUT2D eigenvalue weighted by atomic mass is 16.7. The van der Waals surface area contributed by atoms with Crippen molar-refractivity contribution in [2.75, 3.05) is 14.2 Å². The average Bonchev–Trinajstić information content (AvgIpc) is 2.19. The van der Waals surface area contributed by atoms with Gasteiger partial charge < -0.3 is 9.47 Å². The van der Waals surface area contributed by atoms with Crippen LogP contribution in [0.4, 0.5) is 0 Å². The summed E-state index contributed by atoms with van der Waals surface area (Å²) in [6.45, 7) is 4.30. The summed E-state index contributed by atoms with van der Waals surface area (Å²) < 4.78 is 10.6. The molecule has 0 amide bonds. The van der Waals surface area contributed by atoms with Gasteiger partial charge >= 0.3 is 0 Å². The third kappa shape index (κ3) is 3.33. The Kier molecular flexibility index (Phi) is 4.30. The van der Waals surface area contributed by atoms with Gasteiger partial charge in [-0.3, -0.25) is 0 Å². The molecule has 0 heterocycles. The summed E-state index contributed by atoms with van der Waals surface area (Å²) in [5, 5.41) is 0. The predicted octanol–water partition coefficient (Wildman–Crippen LogP) is 2.87. The summed E-state index contributed by atoms with van der Waals surface area (Å²) in [4.78, 5) is 0. The van der Waals surface area contributed by atoms with Crippen molar-refractivity contribution >= 4 is 0 Å². The normalized spacial score (nSPS) is 12.1. The van der Waals surface area contributed by atoms with Crippen molar-refractivity contribution in [2.24, 2.45) is 5.41 Å². The molecule has 0 saturated heterocycles. The van der Waals surface area contributed by atoms with Gasteiger partial charge in [-0.15, -0.1) is 0 Å². The van der Waals surface area contributed by atoms with Crippen molar-refractivity contribution < 1.29 is 9.47 Å².